The van der Waals surface area contributed by atoms with Gasteiger partial charge in [-0.05, 0) is 55.2 Å². The summed E-state index contributed by atoms with van der Waals surface area (Å²) in [5, 5.41) is 3.48. The largest absolute Gasteiger partial charge is 0.480 e. The summed E-state index contributed by atoms with van der Waals surface area (Å²) in [4.78, 5) is 15.0. The number of nitrogens with one attached hydrogen (secondary N) is 1. The molecule has 0 saturated carbocycles. The normalized spacial score (nSPS) is 20.1. The Labute approximate surface area is 164 Å². The highest BCUT2D eigenvalue weighted by atomic mass is 35.5. The monoisotopic (exact) mass is 380 g/mol. The maximum Gasteiger partial charge on any atom is 0.263 e. The van der Waals surface area contributed by atoms with Crippen molar-refractivity contribution in [1.29, 1.82) is 0 Å². The van der Waals surface area contributed by atoms with Crippen LogP contribution in [0.1, 0.15) is 57.9 Å². The van der Waals surface area contributed by atoms with E-state index in [0.717, 1.165) is 44.8 Å². The molecule has 1 N–H and O–H groups in total. The highest BCUT2D eigenvalue weighted by molar-refractivity contribution is 5.85. The first-order valence-electron chi connectivity index (χ1n) is 9.80. The third-order valence-corrected chi connectivity index (χ3v) is 5.92. The van der Waals surface area contributed by atoms with Crippen LogP contribution in [0.15, 0.2) is 24.3 Å². The standard InChI is InChI=1S/C21H32N2O2.ClH/c1-4-18(25-19-8-6-5-7-17(19)16(2)3)20(24)23-13-10-21(11-14-23)9-12-22-15-21;/h5-8,16,18,22H,4,9-15H2,1-3H3;1H. The lowest BCUT2D eigenvalue weighted by molar-refractivity contribution is -0.141. The fraction of sp³-hybridized carbons (Fsp3) is 0.667. The van der Waals surface area contributed by atoms with Gasteiger partial charge in [0, 0.05) is 19.6 Å². The Hall–Kier alpha value is -1.26. The molecule has 1 spiro atoms. The van der Waals surface area contributed by atoms with Gasteiger partial charge in [-0.3, -0.25) is 4.79 Å². The Morgan fingerprint density at radius 3 is 2.50 bits per heavy atom. The van der Waals surface area contributed by atoms with E-state index in [1.54, 1.807) is 0 Å². The molecule has 0 radical (unpaired) electrons. The van der Waals surface area contributed by atoms with Gasteiger partial charge < -0.3 is 15.0 Å². The summed E-state index contributed by atoms with van der Waals surface area (Å²) in [7, 11) is 0. The zero-order chi connectivity index (χ0) is 17.9. The summed E-state index contributed by atoms with van der Waals surface area (Å²) in [5.74, 6) is 1.39. The van der Waals surface area contributed by atoms with Gasteiger partial charge >= 0.3 is 0 Å². The van der Waals surface area contributed by atoms with E-state index in [1.165, 1.54) is 12.0 Å². The number of hydrogen-bond acceptors (Lipinski definition) is 3. The first-order chi connectivity index (χ1) is 12.0. The number of amides is 1. The van der Waals surface area contributed by atoms with Gasteiger partial charge in [0.1, 0.15) is 5.75 Å². The van der Waals surface area contributed by atoms with E-state index in [2.05, 4.69) is 25.2 Å². The van der Waals surface area contributed by atoms with Crippen LogP contribution in [0.4, 0.5) is 0 Å². The first-order valence-corrected chi connectivity index (χ1v) is 9.80. The van der Waals surface area contributed by atoms with Crippen LogP contribution in [0.5, 0.6) is 5.75 Å². The summed E-state index contributed by atoms with van der Waals surface area (Å²) in [6.45, 7) is 10.3. The van der Waals surface area contributed by atoms with Crippen LogP contribution in [0.3, 0.4) is 0 Å². The Morgan fingerprint density at radius 1 is 1.23 bits per heavy atom. The second-order valence-corrected chi connectivity index (χ2v) is 7.96. The van der Waals surface area contributed by atoms with Gasteiger partial charge in [0.15, 0.2) is 6.10 Å². The van der Waals surface area contributed by atoms with Crippen molar-refractivity contribution in [3.05, 3.63) is 29.8 Å². The summed E-state index contributed by atoms with van der Waals surface area (Å²) < 4.78 is 6.18. The third-order valence-electron chi connectivity index (χ3n) is 5.92. The maximum absolute atomic E-state index is 13.0. The Kier molecular flexibility index (Phi) is 7.36. The smallest absolute Gasteiger partial charge is 0.263 e. The second-order valence-electron chi connectivity index (χ2n) is 7.96. The third kappa shape index (κ3) is 4.52. The highest BCUT2D eigenvalue weighted by Crippen LogP contribution is 2.37. The number of piperidine rings is 1. The summed E-state index contributed by atoms with van der Waals surface area (Å²) in [6, 6.07) is 8.09. The summed E-state index contributed by atoms with van der Waals surface area (Å²) in [6.07, 6.45) is 3.81. The lowest BCUT2D eigenvalue weighted by Crippen LogP contribution is -2.48. The molecule has 0 aromatic heterocycles. The fourth-order valence-corrected chi connectivity index (χ4v) is 4.15. The molecule has 146 valence electrons. The van der Waals surface area contributed by atoms with Crippen molar-refractivity contribution in [3.63, 3.8) is 0 Å². The molecule has 3 rings (SSSR count). The van der Waals surface area contributed by atoms with E-state index >= 15 is 0 Å². The predicted molar refractivity (Wildman–Crippen MR) is 108 cm³/mol. The van der Waals surface area contributed by atoms with Crippen molar-refractivity contribution in [2.75, 3.05) is 26.2 Å². The molecule has 0 bridgehead atoms. The topological polar surface area (TPSA) is 41.6 Å². The first kappa shape index (κ1) is 21.0. The maximum atomic E-state index is 13.0. The van der Waals surface area contributed by atoms with E-state index in [-0.39, 0.29) is 24.4 Å². The molecule has 2 fully saturated rings. The molecular formula is C21H33ClN2O2. The van der Waals surface area contributed by atoms with Gasteiger partial charge in [-0.1, -0.05) is 39.0 Å². The number of halogens is 1. The fourth-order valence-electron chi connectivity index (χ4n) is 4.15. The van der Waals surface area contributed by atoms with Crippen molar-refractivity contribution >= 4 is 18.3 Å². The van der Waals surface area contributed by atoms with Crippen molar-refractivity contribution in [1.82, 2.24) is 10.2 Å². The number of carbonyl (C=O) groups excluding carboxylic acids is 1. The van der Waals surface area contributed by atoms with Crippen LogP contribution in [-0.4, -0.2) is 43.1 Å². The molecule has 2 aliphatic rings. The van der Waals surface area contributed by atoms with Crippen LogP contribution in [0, 0.1) is 5.41 Å². The average Bonchev–Trinajstić information content (AvgIpc) is 3.08. The lowest BCUT2D eigenvalue weighted by Gasteiger charge is -2.40. The molecular weight excluding hydrogens is 348 g/mol. The molecule has 26 heavy (non-hydrogen) atoms. The minimum atomic E-state index is -0.379. The van der Waals surface area contributed by atoms with Crippen LogP contribution in [0.2, 0.25) is 0 Å². The number of ether oxygens (including phenoxy) is 1. The summed E-state index contributed by atoms with van der Waals surface area (Å²) in [5.41, 5.74) is 1.60. The minimum absolute atomic E-state index is 0. The SMILES string of the molecule is CCC(Oc1ccccc1C(C)C)C(=O)N1CCC2(CCNC2)CC1.Cl. The zero-order valence-electron chi connectivity index (χ0n) is 16.3. The van der Waals surface area contributed by atoms with Crippen molar-refractivity contribution in [2.45, 2.75) is 58.5 Å². The molecule has 2 saturated heterocycles. The Bertz CT molecular complexity index is 589. The molecule has 4 nitrogen and oxygen atoms in total. The second kappa shape index (κ2) is 9.09. The molecule has 5 heteroatoms. The van der Waals surface area contributed by atoms with Crippen molar-refractivity contribution in [2.24, 2.45) is 5.41 Å². The Morgan fingerprint density at radius 2 is 1.92 bits per heavy atom. The summed E-state index contributed by atoms with van der Waals surface area (Å²) >= 11 is 0. The number of hydrogen-bond donors (Lipinski definition) is 1. The number of likely N-dealkylation sites (tertiary alicyclic amines) is 1. The zero-order valence-corrected chi connectivity index (χ0v) is 17.1. The van der Waals surface area contributed by atoms with Gasteiger partial charge in [0.05, 0.1) is 0 Å². The predicted octanol–water partition coefficient (Wildman–Crippen LogP) is 3.99. The molecule has 1 aromatic rings. The molecule has 1 atom stereocenters. The van der Waals surface area contributed by atoms with Crippen molar-refractivity contribution < 1.29 is 9.53 Å². The van der Waals surface area contributed by atoms with E-state index in [0.29, 0.717) is 17.8 Å². The van der Waals surface area contributed by atoms with Gasteiger partial charge in [-0.2, -0.15) is 0 Å². The van der Waals surface area contributed by atoms with E-state index in [9.17, 15) is 4.79 Å². The van der Waals surface area contributed by atoms with Crippen LogP contribution in [-0.2, 0) is 4.79 Å². The minimum Gasteiger partial charge on any atom is -0.480 e. The molecule has 1 amide bonds. The molecule has 1 unspecified atom stereocenters. The number of carbonyl (C=O) groups is 1. The van der Waals surface area contributed by atoms with E-state index in [1.807, 2.05) is 30.0 Å². The van der Waals surface area contributed by atoms with Crippen LogP contribution >= 0.6 is 12.4 Å². The molecule has 1 aromatic carbocycles. The Balaban J connectivity index is 0.00000243. The van der Waals surface area contributed by atoms with Gasteiger partial charge in [0.2, 0.25) is 0 Å². The van der Waals surface area contributed by atoms with Gasteiger partial charge in [0.25, 0.3) is 5.91 Å². The number of benzene rings is 1. The van der Waals surface area contributed by atoms with Gasteiger partial charge in [-0.25, -0.2) is 0 Å². The molecule has 2 heterocycles. The lowest BCUT2D eigenvalue weighted by atomic mass is 9.78. The van der Waals surface area contributed by atoms with E-state index in [4.69, 9.17) is 4.74 Å². The van der Waals surface area contributed by atoms with Crippen molar-refractivity contribution in [3.8, 4) is 5.75 Å². The number of para-hydroxylation sites is 1. The highest BCUT2D eigenvalue weighted by Gasteiger charge is 2.39. The molecule has 0 aliphatic carbocycles. The number of rotatable bonds is 5. The van der Waals surface area contributed by atoms with E-state index < -0.39 is 0 Å². The van der Waals surface area contributed by atoms with Gasteiger partial charge in [-0.15, -0.1) is 12.4 Å². The number of nitrogens with zero attached hydrogens (tertiary/aromatic N) is 1. The average molecular weight is 381 g/mol. The van der Waals surface area contributed by atoms with Crippen LogP contribution in [0.25, 0.3) is 0 Å². The quantitative estimate of drug-likeness (QED) is 0.839. The molecule has 2 aliphatic heterocycles. The van der Waals surface area contributed by atoms with Crippen LogP contribution < -0.4 is 10.1 Å².